The van der Waals surface area contributed by atoms with Crippen molar-refractivity contribution in [3.63, 3.8) is 0 Å². The van der Waals surface area contributed by atoms with Gasteiger partial charge in [0.2, 0.25) is 0 Å². The summed E-state index contributed by atoms with van der Waals surface area (Å²) in [7, 11) is 0. The molecule has 1 saturated heterocycles. The van der Waals surface area contributed by atoms with E-state index in [1.54, 1.807) is 0 Å². The van der Waals surface area contributed by atoms with Crippen molar-refractivity contribution in [2.75, 3.05) is 31.1 Å². The smallest absolute Gasteiger partial charge is 0.0171 e. The SMILES string of the molecule is NC(CCc1ccccc1)CN1CCSCC1. The first-order valence-electron chi connectivity index (χ1n) is 6.44. The van der Waals surface area contributed by atoms with Crippen molar-refractivity contribution in [2.45, 2.75) is 18.9 Å². The van der Waals surface area contributed by atoms with Crippen molar-refractivity contribution < 1.29 is 0 Å². The van der Waals surface area contributed by atoms with Gasteiger partial charge in [0.05, 0.1) is 0 Å². The van der Waals surface area contributed by atoms with E-state index in [0.717, 1.165) is 19.4 Å². The molecule has 2 N–H and O–H groups in total. The Morgan fingerprint density at radius 1 is 1.18 bits per heavy atom. The largest absolute Gasteiger partial charge is 0.327 e. The summed E-state index contributed by atoms with van der Waals surface area (Å²) in [6, 6.07) is 11.0. The van der Waals surface area contributed by atoms with Crippen LogP contribution in [0.1, 0.15) is 12.0 Å². The Labute approximate surface area is 109 Å². The van der Waals surface area contributed by atoms with Crippen molar-refractivity contribution in [1.82, 2.24) is 4.90 Å². The number of aryl methyl sites for hydroxylation is 1. The van der Waals surface area contributed by atoms with Gasteiger partial charge in [0, 0.05) is 37.2 Å². The summed E-state index contributed by atoms with van der Waals surface area (Å²) in [5.74, 6) is 2.54. The molecule has 1 aliphatic heterocycles. The van der Waals surface area contributed by atoms with Gasteiger partial charge in [-0.25, -0.2) is 0 Å². The molecule has 0 amide bonds. The highest BCUT2D eigenvalue weighted by Crippen LogP contribution is 2.10. The summed E-state index contributed by atoms with van der Waals surface area (Å²) < 4.78 is 0. The lowest BCUT2D eigenvalue weighted by Gasteiger charge is -2.28. The molecule has 94 valence electrons. The van der Waals surface area contributed by atoms with Crippen LogP contribution >= 0.6 is 11.8 Å². The third kappa shape index (κ3) is 4.70. The number of hydrogen-bond acceptors (Lipinski definition) is 3. The van der Waals surface area contributed by atoms with Gasteiger partial charge in [0.15, 0.2) is 0 Å². The summed E-state index contributed by atoms with van der Waals surface area (Å²) in [5, 5.41) is 0. The predicted molar refractivity (Wildman–Crippen MR) is 76.5 cm³/mol. The molecule has 0 bridgehead atoms. The fourth-order valence-corrected chi connectivity index (χ4v) is 3.18. The lowest BCUT2D eigenvalue weighted by molar-refractivity contribution is 0.277. The normalized spacial score (nSPS) is 19.1. The van der Waals surface area contributed by atoms with Gasteiger partial charge in [0.25, 0.3) is 0 Å². The molecule has 1 atom stereocenters. The molecule has 1 aliphatic rings. The van der Waals surface area contributed by atoms with E-state index < -0.39 is 0 Å². The van der Waals surface area contributed by atoms with E-state index in [1.165, 1.54) is 30.2 Å². The van der Waals surface area contributed by atoms with Gasteiger partial charge in [-0.2, -0.15) is 11.8 Å². The Morgan fingerprint density at radius 2 is 1.88 bits per heavy atom. The van der Waals surface area contributed by atoms with Crippen LogP contribution in [0, 0.1) is 0 Å². The molecule has 2 rings (SSSR count). The average Bonchev–Trinajstić information content (AvgIpc) is 2.39. The van der Waals surface area contributed by atoms with E-state index in [4.69, 9.17) is 5.73 Å². The van der Waals surface area contributed by atoms with Gasteiger partial charge in [0.1, 0.15) is 0 Å². The van der Waals surface area contributed by atoms with Crippen LogP contribution in [0.5, 0.6) is 0 Å². The van der Waals surface area contributed by atoms with Crippen LogP contribution in [0.3, 0.4) is 0 Å². The van der Waals surface area contributed by atoms with Crippen molar-refractivity contribution in [3.8, 4) is 0 Å². The Balaban J connectivity index is 1.68. The fraction of sp³-hybridized carbons (Fsp3) is 0.571. The minimum absolute atomic E-state index is 0.318. The topological polar surface area (TPSA) is 29.3 Å². The lowest BCUT2D eigenvalue weighted by atomic mass is 10.1. The van der Waals surface area contributed by atoms with Crippen LogP contribution in [-0.4, -0.2) is 42.1 Å². The first-order valence-corrected chi connectivity index (χ1v) is 7.59. The number of nitrogens with zero attached hydrogens (tertiary/aromatic N) is 1. The zero-order chi connectivity index (χ0) is 11.9. The van der Waals surface area contributed by atoms with Crippen LogP contribution < -0.4 is 5.73 Å². The molecule has 1 unspecified atom stereocenters. The van der Waals surface area contributed by atoms with Gasteiger partial charge in [-0.3, -0.25) is 0 Å². The number of thioether (sulfide) groups is 1. The van der Waals surface area contributed by atoms with Crippen LogP contribution in [-0.2, 0) is 6.42 Å². The summed E-state index contributed by atoms with van der Waals surface area (Å²) in [6.45, 7) is 3.49. The zero-order valence-corrected chi connectivity index (χ0v) is 11.2. The highest BCUT2D eigenvalue weighted by molar-refractivity contribution is 7.99. The molecule has 1 heterocycles. The summed E-state index contributed by atoms with van der Waals surface area (Å²) >= 11 is 2.05. The predicted octanol–water partition coefficient (Wildman–Crippen LogP) is 2.00. The average molecular weight is 250 g/mol. The fourth-order valence-electron chi connectivity index (χ4n) is 2.20. The van der Waals surface area contributed by atoms with Crippen LogP contribution in [0.4, 0.5) is 0 Å². The highest BCUT2D eigenvalue weighted by Gasteiger charge is 2.13. The van der Waals surface area contributed by atoms with E-state index in [9.17, 15) is 0 Å². The van der Waals surface area contributed by atoms with E-state index in [1.807, 2.05) is 0 Å². The minimum Gasteiger partial charge on any atom is -0.327 e. The quantitative estimate of drug-likeness (QED) is 0.866. The Hall–Kier alpha value is -0.510. The molecule has 0 saturated carbocycles. The highest BCUT2D eigenvalue weighted by atomic mass is 32.2. The third-order valence-corrected chi connectivity index (χ3v) is 4.19. The number of hydrogen-bond donors (Lipinski definition) is 1. The molecular formula is C14H22N2S. The van der Waals surface area contributed by atoms with E-state index >= 15 is 0 Å². The van der Waals surface area contributed by atoms with Gasteiger partial charge >= 0.3 is 0 Å². The van der Waals surface area contributed by atoms with Gasteiger partial charge in [-0.1, -0.05) is 30.3 Å². The standard InChI is InChI=1S/C14H22N2S/c15-14(12-16-8-10-17-11-9-16)7-6-13-4-2-1-3-5-13/h1-5,14H,6-12,15H2. The van der Waals surface area contributed by atoms with Gasteiger partial charge < -0.3 is 10.6 Å². The number of rotatable bonds is 5. The molecule has 1 aromatic carbocycles. The van der Waals surface area contributed by atoms with Gasteiger partial charge in [-0.15, -0.1) is 0 Å². The second kappa shape index (κ2) is 7.04. The van der Waals surface area contributed by atoms with Gasteiger partial charge in [-0.05, 0) is 18.4 Å². The Kier molecular flexibility index (Phi) is 5.36. The monoisotopic (exact) mass is 250 g/mol. The number of benzene rings is 1. The van der Waals surface area contributed by atoms with E-state index in [-0.39, 0.29) is 0 Å². The Bertz CT molecular complexity index is 309. The minimum atomic E-state index is 0.318. The van der Waals surface area contributed by atoms with Crippen molar-refractivity contribution >= 4 is 11.8 Å². The van der Waals surface area contributed by atoms with Crippen LogP contribution in [0.25, 0.3) is 0 Å². The van der Waals surface area contributed by atoms with E-state index in [2.05, 4.69) is 47.0 Å². The van der Waals surface area contributed by atoms with Crippen molar-refractivity contribution in [2.24, 2.45) is 5.73 Å². The van der Waals surface area contributed by atoms with E-state index in [0.29, 0.717) is 6.04 Å². The summed E-state index contributed by atoms with van der Waals surface area (Å²) in [6.07, 6.45) is 2.19. The molecule has 3 heteroatoms. The molecule has 1 fully saturated rings. The van der Waals surface area contributed by atoms with Crippen molar-refractivity contribution in [1.29, 1.82) is 0 Å². The maximum absolute atomic E-state index is 6.20. The molecule has 0 spiro atoms. The summed E-state index contributed by atoms with van der Waals surface area (Å²) in [4.78, 5) is 2.51. The molecule has 0 aromatic heterocycles. The van der Waals surface area contributed by atoms with Crippen LogP contribution in [0.15, 0.2) is 30.3 Å². The molecule has 0 radical (unpaired) electrons. The first kappa shape index (κ1) is 12.9. The second-order valence-electron chi connectivity index (χ2n) is 4.70. The number of nitrogens with two attached hydrogens (primary N) is 1. The third-order valence-electron chi connectivity index (χ3n) is 3.24. The maximum Gasteiger partial charge on any atom is 0.0171 e. The maximum atomic E-state index is 6.20. The molecule has 1 aromatic rings. The first-order chi connectivity index (χ1) is 8.34. The Morgan fingerprint density at radius 3 is 2.59 bits per heavy atom. The molecule has 17 heavy (non-hydrogen) atoms. The molecular weight excluding hydrogens is 228 g/mol. The summed E-state index contributed by atoms with van der Waals surface area (Å²) in [5.41, 5.74) is 7.60. The van der Waals surface area contributed by atoms with Crippen LogP contribution in [0.2, 0.25) is 0 Å². The molecule has 2 nitrogen and oxygen atoms in total. The zero-order valence-electron chi connectivity index (χ0n) is 10.3. The van der Waals surface area contributed by atoms with Crippen molar-refractivity contribution in [3.05, 3.63) is 35.9 Å². The molecule has 0 aliphatic carbocycles. The lowest BCUT2D eigenvalue weighted by Crippen LogP contribution is -2.41. The second-order valence-corrected chi connectivity index (χ2v) is 5.92.